The lowest BCUT2D eigenvalue weighted by atomic mass is 10.1. The number of hydrogen-bond acceptors (Lipinski definition) is 3. The first kappa shape index (κ1) is 18.9. The van der Waals surface area contributed by atoms with E-state index in [2.05, 4.69) is 23.5 Å². The first-order chi connectivity index (χ1) is 11.5. The van der Waals surface area contributed by atoms with Crippen molar-refractivity contribution in [3.8, 4) is 0 Å². The minimum atomic E-state index is -3.55. The van der Waals surface area contributed by atoms with Crippen LogP contribution in [0.25, 0.3) is 0 Å². The number of nitrogens with one attached hydrogen (secondary N) is 1. The van der Waals surface area contributed by atoms with Gasteiger partial charge in [-0.3, -0.25) is 4.90 Å². The molecule has 0 radical (unpaired) electrons. The number of halogens is 1. The molecular formula is C18H23ClN2O2S. The van der Waals surface area contributed by atoms with Crippen LogP contribution in [0.15, 0.2) is 59.5 Å². The third-order valence-electron chi connectivity index (χ3n) is 4.04. The second-order valence-corrected chi connectivity index (χ2v) is 7.60. The van der Waals surface area contributed by atoms with Crippen molar-refractivity contribution in [2.24, 2.45) is 0 Å². The summed E-state index contributed by atoms with van der Waals surface area (Å²) in [5.41, 5.74) is 0.929. The lowest BCUT2D eigenvalue weighted by molar-refractivity contribution is 0.220. The van der Waals surface area contributed by atoms with Gasteiger partial charge in [0.1, 0.15) is 0 Å². The third-order valence-corrected chi connectivity index (χ3v) is 5.82. The van der Waals surface area contributed by atoms with E-state index in [0.29, 0.717) is 5.02 Å². The molecule has 0 heterocycles. The molecule has 0 fully saturated rings. The van der Waals surface area contributed by atoms with Crippen LogP contribution in [0.2, 0.25) is 5.02 Å². The van der Waals surface area contributed by atoms with E-state index in [1.807, 2.05) is 24.3 Å². The molecule has 0 saturated carbocycles. The van der Waals surface area contributed by atoms with Crippen LogP contribution in [0.5, 0.6) is 0 Å². The molecule has 4 nitrogen and oxygen atoms in total. The fourth-order valence-electron chi connectivity index (χ4n) is 2.72. The van der Waals surface area contributed by atoms with Gasteiger partial charge in [-0.25, -0.2) is 13.1 Å². The maximum atomic E-state index is 12.5. The van der Waals surface area contributed by atoms with E-state index < -0.39 is 10.0 Å². The highest BCUT2D eigenvalue weighted by Crippen LogP contribution is 2.27. The van der Waals surface area contributed by atoms with Crippen molar-refractivity contribution in [3.63, 3.8) is 0 Å². The Hall–Kier alpha value is -1.40. The summed E-state index contributed by atoms with van der Waals surface area (Å²) >= 11 is 6.34. The first-order valence-electron chi connectivity index (χ1n) is 8.02. The van der Waals surface area contributed by atoms with Gasteiger partial charge in [-0.2, -0.15) is 0 Å². The minimum absolute atomic E-state index is 0.118. The molecule has 2 aromatic carbocycles. The number of nitrogens with zero attached hydrogens (tertiary/aromatic N) is 1. The molecule has 6 heteroatoms. The number of likely N-dealkylation sites (N-methyl/N-ethyl adjacent to an activating group) is 1. The van der Waals surface area contributed by atoms with Crippen LogP contribution in [-0.2, 0) is 10.0 Å². The Morgan fingerprint density at radius 3 is 2.17 bits per heavy atom. The molecule has 1 N–H and O–H groups in total. The molecule has 1 unspecified atom stereocenters. The zero-order valence-electron chi connectivity index (χ0n) is 13.9. The quantitative estimate of drug-likeness (QED) is 0.774. The standard InChI is InChI=1S/C18H23ClN2O2S/c1-3-21(4-2)18(16-12-8-9-13-17(16)19)14-20-24(22,23)15-10-6-5-7-11-15/h5-13,18,20H,3-4,14H2,1-2H3. The van der Waals surface area contributed by atoms with E-state index >= 15 is 0 Å². The lowest BCUT2D eigenvalue weighted by Crippen LogP contribution is -2.38. The SMILES string of the molecule is CCN(CC)C(CNS(=O)(=O)c1ccccc1)c1ccccc1Cl. The van der Waals surface area contributed by atoms with Gasteiger partial charge in [0, 0.05) is 17.6 Å². The summed E-state index contributed by atoms with van der Waals surface area (Å²) < 4.78 is 27.7. The summed E-state index contributed by atoms with van der Waals surface area (Å²) in [6.07, 6.45) is 0. The normalized spacial score (nSPS) is 13.2. The van der Waals surface area contributed by atoms with Gasteiger partial charge in [-0.1, -0.05) is 61.8 Å². The lowest BCUT2D eigenvalue weighted by Gasteiger charge is -2.30. The van der Waals surface area contributed by atoms with Crippen LogP contribution in [0, 0.1) is 0 Å². The number of benzene rings is 2. The van der Waals surface area contributed by atoms with Gasteiger partial charge < -0.3 is 0 Å². The Kier molecular flexibility index (Phi) is 6.80. The minimum Gasteiger partial charge on any atom is -0.296 e. The molecule has 0 aliphatic heterocycles. The molecule has 0 saturated heterocycles. The maximum absolute atomic E-state index is 12.5. The highest BCUT2D eigenvalue weighted by molar-refractivity contribution is 7.89. The summed E-state index contributed by atoms with van der Waals surface area (Å²) in [5, 5.41) is 0.647. The fourth-order valence-corrected chi connectivity index (χ4v) is 4.04. The molecule has 0 aliphatic rings. The molecular weight excluding hydrogens is 344 g/mol. The molecule has 0 aliphatic carbocycles. The van der Waals surface area contributed by atoms with E-state index in [-0.39, 0.29) is 17.5 Å². The number of hydrogen-bond donors (Lipinski definition) is 1. The van der Waals surface area contributed by atoms with Crippen molar-refractivity contribution in [2.75, 3.05) is 19.6 Å². The molecule has 2 rings (SSSR count). The highest BCUT2D eigenvalue weighted by Gasteiger charge is 2.23. The van der Waals surface area contributed by atoms with Crippen molar-refractivity contribution >= 4 is 21.6 Å². The largest absolute Gasteiger partial charge is 0.296 e. The molecule has 0 bridgehead atoms. The summed E-state index contributed by atoms with van der Waals surface area (Å²) in [6, 6.07) is 15.8. The van der Waals surface area contributed by atoms with Gasteiger partial charge >= 0.3 is 0 Å². The third kappa shape index (κ3) is 4.57. The molecule has 0 spiro atoms. The molecule has 0 aromatic heterocycles. The molecule has 0 amide bonds. The Labute approximate surface area is 149 Å². The average Bonchev–Trinajstić information content (AvgIpc) is 2.60. The maximum Gasteiger partial charge on any atom is 0.240 e. The predicted molar refractivity (Wildman–Crippen MR) is 98.7 cm³/mol. The van der Waals surface area contributed by atoms with E-state index in [0.717, 1.165) is 18.7 Å². The van der Waals surface area contributed by atoms with E-state index in [1.54, 1.807) is 30.3 Å². The monoisotopic (exact) mass is 366 g/mol. The van der Waals surface area contributed by atoms with Crippen LogP contribution in [-0.4, -0.2) is 33.0 Å². The smallest absolute Gasteiger partial charge is 0.240 e. The van der Waals surface area contributed by atoms with Gasteiger partial charge in [-0.15, -0.1) is 0 Å². The van der Waals surface area contributed by atoms with Gasteiger partial charge in [0.05, 0.1) is 4.90 Å². The number of sulfonamides is 1. The summed E-state index contributed by atoms with van der Waals surface area (Å²) in [5.74, 6) is 0. The highest BCUT2D eigenvalue weighted by atomic mass is 35.5. The van der Waals surface area contributed by atoms with Crippen LogP contribution in [0.3, 0.4) is 0 Å². The van der Waals surface area contributed by atoms with E-state index in [9.17, 15) is 8.42 Å². The molecule has 2 aromatic rings. The van der Waals surface area contributed by atoms with Gasteiger partial charge in [0.15, 0.2) is 0 Å². The van der Waals surface area contributed by atoms with Crippen molar-refractivity contribution in [1.82, 2.24) is 9.62 Å². The zero-order chi connectivity index (χ0) is 17.6. The molecule has 130 valence electrons. The van der Waals surface area contributed by atoms with Gasteiger partial charge in [-0.05, 0) is 36.9 Å². The summed E-state index contributed by atoms with van der Waals surface area (Å²) in [4.78, 5) is 2.46. The fraction of sp³-hybridized carbons (Fsp3) is 0.333. The van der Waals surface area contributed by atoms with Crippen molar-refractivity contribution in [1.29, 1.82) is 0 Å². The summed E-state index contributed by atoms with van der Waals surface area (Å²) in [6.45, 7) is 5.99. The molecule has 1 atom stereocenters. The Balaban J connectivity index is 2.25. The number of rotatable bonds is 8. The van der Waals surface area contributed by atoms with Gasteiger partial charge in [0.2, 0.25) is 10.0 Å². The summed E-state index contributed by atoms with van der Waals surface area (Å²) in [7, 11) is -3.55. The zero-order valence-corrected chi connectivity index (χ0v) is 15.5. The van der Waals surface area contributed by atoms with Gasteiger partial charge in [0.25, 0.3) is 0 Å². The predicted octanol–water partition coefficient (Wildman–Crippen LogP) is 3.70. The van der Waals surface area contributed by atoms with Crippen LogP contribution >= 0.6 is 11.6 Å². The second-order valence-electron chi connectivity index (χ2n) is 5.42. The Morgan fingerprint density at radius 2 is 1.58 bits per heavy atom. The Morgan fingerprint density at radius 1 is 1.00 bits per heavy atom. The Bertz CT molecular complexity index is 747. The second kappa shape index (κ2) is 8.62. The van der Waals surface area contributed by atoms with Crippen molar-refractivity contribution in [3.05, 3.63) is 65.2 Å². The van der Waals surface area contributed by atoms with Crippen LogP contribution < -0.4 is 4.72 Å². The van der Waals surface area contributed by atoms with E-state index in [1.165, 1.54) is 0 Å². The van der Waals surface area contributed by atoms with Crippen molar-refractivity contribution in [2.45, 2.75) is 24.8 Å². The van der Waals surface area contributed by atoms with Crippen molar-refractivity contribution < 1.29 is 8.42 Å². The van der Waals surface area contributed by atoms with Crippen LogP contribution in [0.1, 0.15) is 25.5 Å². The average molecular weight is 367 g/mol. The molecule has 24 heavy (non-hydrogen) atoms. The van der Waals surface area contributed by atoms with E-state index in [4.69, 9.17) is 11.6 Å². The first-order valence-corrected chi connectivity index (χ1v) is 9.89. The topological polar surface area (TPSA) is 49.4 Å². The van der Waals surface area contributed by atoms with Crippen LogP contribution in [0.4, 0.5) is 0 Å².